The Kier molecular flexibility index (Phi) is 3.68. The first-order valence-corrected chi connectivity index (χ1v) is 7.20. The van der Waals surface area contributed by atoms with Gasteiger partial charge in [-0.05, 0) is 31.7 Å². The highest BCUT2D eigenvalue weighted by Gasteiger charge is 2.22. The zero-order valence-corrected chi connectivity index (χ0v) is 12.4. The van der Waals surface area contributed by atoms with Crippen LogP contribution in [0.25, 0.3) is 0 Å². The molecule has 1 atom stereocenters. The third-order valence-corrected chi connectivity index (χ3v) is 3.81. The van der Waals surface area contributed by atoms with Gasteiger partial charge in [0.1, 0.15) is 11.7 Å². The van der Waals surface area contributed by atoms with Crippen molar-refractivity contribution < 1.29 is 4.79 Å². The van der Waals surface area contributed by atoms with Gasteiger partial charge >= 0.3 is 5.69 Å². The number of hydrogen-bond acceptors (Lipinski definition) is 5. The lowest BCUT2D eigenvalue weighted by Gasteiger charge is -2.14. The van der Waals surface area contributed by atoms with Crippen LogP contribution in [-0.4, -0.2) is 25.7 Å². The van der Waals surface area contributed by atoms with Gasteiger partial charge in [-0.25, -0.2) is 9.48 Å². The van der Waals surface area contributed by atoms with Gasteiger partial charge < -0.3 is 10.3 Å². The van der Waals surface area contributed by atoms with Gasteiger partial charge in [-0.15, -0.1) is 0 Å². The fraction of sp³-hybridized carbons (Fsp3) is 0.357. The summed E-state index contributed by atoms with van der Waals surface area (Å²) in [4.78, 5) is 51.1. The van der Waals surface area contributed by atoms with E-state index in [9.17, 15) is 19.2 Å². The van der Waals surface area contributed by atoms with E-state index in [1.807, 2.05) is 4.98 Å². The third-order valence-electron chi connectivity index (χ3n) is 3.81. The third kappa shape index (κ3) is 2.85. The number of aromatic nitrogens is 4. The average molecular weight is 317 g/mol. The molecule has 0 spiro atoms. The van der Waals surface area contributed by atoms with Crippen molar-refractivity contribution in [1.82, 2.24) is 19.7 Å². The number of aryl methyl sites for hydroxylation is 2. The molecule has 2 aromatic rings. The molecule has 1 aliphatic carbocycles. The first kappa shape index (κ1) is 14.9. The van der Waals surface area contributed by atoms with Crippen molar-refractivity contribution in [1.29, 1.82) is 0 Å². The van der Waals surface area contributed by atoms with Crippen molar-refractivity contribution in [2.24, 2.45) is 0 Å². The van der Waals surface area contributed by atoms with Crippen LogP contribution in [0.5, 0.6) is 0 Å². The van der Waals surface area contributed by atoms with E-state index < -0.39 is 23.2 Å². The molecule has 1 aliphatic rings. The van der Waals surface area contributed by atoms with Crippen molar-refractivity contribution in [3.63, 3.8) is 0 Å². The van der Waals surface area contributed by atoms with E-state index in [4.69, 9.17) is 0 Å². The van der Waals surface area contributed by atoms with Crippen molar-refractivity contribution in [2.45, 2.75) is 32.2 Å². The molecular weight excluding hydrogens is 302 g/mol. The van der Waals surface area contributed by atoms with Crippen LogP contribution < -0.4 is 22.1 Å². The summed E-state index contributed by atoms with van der Waals surface area (Å²) in [5, 5.41) is 6.63. The lowest BCUT2D eigenvalue weighted by atomic mass is 10.2. The SMILES string of the molecule is CC(C(=O)Nc1c[nH]c(=O)[nH]c1=O)n1nc2c(cc1=O)CCC2. The zero-order valence-electron chi connectivity index (χ0n) is 12.4. The van der Waals surface area contributed by atoms with Crippen LogP contribution in [0.4, 0.5) is 5.69 Å². The second kappa shape index (κ2) is 5.67. The maximum atomic E-state index is 12.2. The quantitative estimate of drug-likeness (QED) is 0.690. The van der Waals surface area contributed by atoms with Crippen LogP contribution in [0.2, 0.25) is 0 Å². The molecule has 9 nitrogen and oxygen atoms in total. The van der Waals surface area contributed by atoms with Gasteiger partial charge in [0.05, 0.1) is 5.69 Å². The van der Waals surface area contributed by atoms with Gasteiger partial charge in [-0.2, -0.15) is 5.10 Å². The van der Waals surface area contributed by atoms with E-state index in [1.54, 1.807) is 0 Å². The molecule has 9 heteroatoms. The Morgan fingerprint density at radius 1 is 1.35 bits per heavy atom. The highest BCUT2D eigenvalue weighted by molar-refractivity contribution is 5.93. The van der Waals surface area contributed by atoms with E-state index in [0.29, 0.717) is 0 Å². The second-order valence-corrected chi connectivity index (χ2v) is 5.40. The monoisotopic (exact) mass is 317 g/mol. The van der Waals surface area contributed by atoms with Gasteiger partial charge in [-0.3, -0.25) is 19.4 Å². The summed E-state index contributed by atoms with van der Waals surface area (Å²) in [6, 6.07) is 0.617. The summed E-state index contributed by atoms with van der Waals surface area (Å²) in [5.41, 5.74) is -0.0949. The standard InChI is InChI=1S/C14H15N5O4/c1-7(12(21)16-10-6-15-14(23)17-13(10)22)19-11(20)5-8-3-2-4-9(8)18-19/h5-7H,2-4H2,1H3,(H,16,21)(H2,15,17,22,23). The molecule has 0 aliphatic heterocycles. The largest absolute Gasteiger partial charge is 0.325 e. The molecule has 0 saturated heterocycles. The molecule has 2 heterocycles. The lowest BCUT2D eigenvalue weighted by molar-refractivity contribution is -0.119. The number of anilines is 1. The summed E-state index contributed by atoms with van der Waals surface area (Å²) in [5.74, 6) is -0.574. The molecule has 3 rings (SSSR count). The zero-order chi connectivity index (χ0) is 16.6. The molecule has 2 aromatic heterocycles. The molecule has 0 bridgehead atoms. The van der Waals surface area contributed by atoms with Gasteiger partial charge in [0, 0.05) is 12.3 Å². The number of fused-ring (bicyclic) bond motifs is 1. The summed E-state index contributed by atoms with van der Waals surface area (Å²) in [6.07, 6.45) is 3.65. The lowest BCUT2D eigenvalue weighted by Crippen LogP contribution is -2.35. The van der Waals surface area contributed by atoms with E-state index in [-0.39, 0.29) is 11.2 Å². The molecule has 3 N–H and O–H groups in total. The van der Waals surface area contributed by atoms with Gasteiger partial charge in [0.2, 0.25) is 5.91 Å². The van der Waals surface area contributed by atoms with E-state index in [2.05, 4.69) is 15.4 Å². The van der Waals surface area contributed by atoms with Crippen LogP contribution in [0, 0.1) is 0 Å². The van der Waals surface area contributed by atoms with Gasteiger partial charge in [-0.1, -0.05) is 0 Å². The topological polar surface area (TPSA) is 130 Å². The number of amides is 1. The average Bonchev–Trinajstić information content (AvgIpc) is 2.95. The minimum Gasteiger partial charge on any atom is -0.318 e. The van der Waals surface area contributed by atoms with Gasteiger partial charge in [0.15, 0.2) is 0 Å². The Morgan fingerprint density at radius 2 is 2.13 bits per heavy atom. The van der Waals surface area contributed by atoms with Crippen molar-refractivity contribution in [3.05, 3.63) is 54.7 Å². The highest BCUT2D eigenvalue weighted by atomic mass is 16.2. The molecular formula is C14H15N5O4. The number of nitrogens with one attached hydrogen (secondary N) is 3. The van der Waals surface area contributed by atoms with Crippen molar-refractivity contribution >= 4 is 11.6 Å². The smallest absolute Gasteiger partial charge is 0.318 e. The molecule has 0 radical (unpaired) electrons. The summed E-state index contributed by atoms with van der Waals surface area (Å²) < 4.78 is 1.11. The Balaban J connectivity index is 1.87. The minimum atomic E-state index is -0.889. The molecule has 120 valence electrons. The number of carbonyl (C=O) groups excluding carboxylic acids is 1. The van der Waals surface area contributed by atoms with E-state index in [0.717, 1.165) is 41.4 Å². The predicted octanol–water partition coefficient (Wildman–Crippen LogP) is -0.692. The Labute approximate surface area is 129 Å². The maximum Gasteiger partial charge on any atom is 0.325 e. The Bertz CT molecular complexity index is 939. The Morgan fingerprint density at radius 3 is 2.87 bits per heavy atom. The first-order valence-electron chi connectivity index (χ1n) is 7.20. The van der Waals surface area contributed by atoms with Crippen molar-refractivity contribution in [2.75, 3.05) is 5.32 Å². The number of hydrogen-bond donors (Lipinski definition) is 3. The Hall–Kier alpha value is -2.97. The van der Waals surface area contributed by atoms with Crippen LogP contribution in [0.3, 0.4) is 0 Å². The molecule has 1 unspecified atom stereocenters. The van der Waals surface area contributed by atoms with Crippen LogP contribution in [0.15, 0.2) is 26.6 Å². The molecule has 1 amide bonds. The minimum absolute atomic E-state index is 0.101. The number of nitrogens with zero attached hydrogens (tertiary/aromatic N) is 2. The second-order valence-electron chi connectivity index (χ2n) is 5.40. The fourth-order valence-corrected chi connectivity index (χ4v) is 2.54. The summed E-state index contributed by atoms with van der Waals surface area (Å²) >= 11 is 0. The van der Waals surface area contributed by atoms with Gasteiger partial charge in [0.25, 0.3) is 11.1 Å². The normalized spacial score (nSPS) is 14.3. The van der Waals surface area contributed by atoms with Crippen LogP contribution in [-0.2, 0) is 17.6 Å². The molecule has 23 heavy (non-hydrogen) atoms. The highest BCUT2D eigenvalue weighted by Crippen LogP contribution is 2.18. The maximum absolute atomic E-state index is 12.2. The number of H-pyrrole nitrogens is 2. The fourth-order valence-electron chi connectivity index (χ4n) is 2.54. The van der Waals surface area contributed by atoms with Crippen molar-refractivity contribution in [3.8, 4) is 0 Å². The molecule has 0 fully saturated rings. The van der Waals surface area contributed by atoms with E-state index in [1.165, 1.54) is 13.0 Å². The van der Waals surface area contributed by atoms with Crippen LogP contribution in [0.1, 0.15) is 30.6 Å². The number of rotatable bonds is 3. The summed E-state index contributed by atoms with van der Waals surface area (Å²) in [6.45, 7) is 1.52. The van der Waals surface area contributed by atoms with E-state index >= 15 is 0 Å². The first-order chi connectivity index (χ1) is 11.0. The summed E-state index contributed by atoms with van der Waals surface area (Å²) in [7, 11) is 0. The predicted molar refractivity (Wildman–Crippen MR) is 81.5 cm³/mol. The molecule has 0 saturated carbocycles. The number of aromatic amines is 2. The van der Waals surface area contributed by atoms with Crippen LogP contribution >= 0.6 is 0 Å². The molecule has 0 aromatic carbocycles. The number of carbonyl (C=O) groups is 1.